The fraction of sp³-hybridized carbons (Fsp3) is 0.357. The molecule has 0 aliphatic carbocycles. The smallest absolute Gasteiger partial charge is 0.264 e. The lowest BCUT2D eigenvalue weighted by Gasteiger charge is -2.19. The molecule has 0 spiro atoms. The molecule has 0 bridgehead atoms. The molecular weight excluding hydrogens is 353 g/mol. The lowest BCUT2D eigenvalue weighted by molar-refractivity contribution is 0.562. The third kappa shape index (κ3) is 2.86. The van der Waals surface area contributed by atoms with Gasteiger partial charge in [-0.1, -0.05) is 26.8 Å². The van der Waals surface area contributed by atoms with Crippen LogP contribution in [-0.4, -0.2) is 15.0 Å². The number of hydrogen-bond acceptors (Lipinski definition) is 3. The maximum absolute atomic E-state index is 12.1. The minimum Gasteiger partial charge on any atom is -0.304 e. The lowest BCUT2D eigenvalue weighted by Crippen LogP contribution is -2.24. The van der Waals surface area contributed by atoms with Gasteiger partial charge in [0.25, 0.3) is 5.56 Å². The first kappa shape index (κ1) is 14.2. The van der Waals surface area contributed by atoms with Gasteiger partial charge < -0.3 is 4.98 Å². The van der Waals surface area contributed by atoms with Gasteiger partial charge in [0.1, 0.15) is 9.26 Å². The quantitative estimate of drug-likeness (QED) is 0.787. The van der Waals surface area contributed by atoms with Crippen LogP contribution in [0.5, 0.6) is 0 Å². The molecule has 4 nitrogen and oxygen atoms in total. The van der Waals surface area contributed by atoms with E-state index in [1.807, 2.05) is 62.4 Å². The summed E-state index contributed by atoms with van der Waals surface area (Å²) in [4.78, 5) is 23.8. The summed E-state index contributed by atoms with van der Waals surface area (Å²) in [6, 6.07) is 3.82. The van der Waals surface area contributed by atoms with Crippen LogP contribution in [0.1, 0.15) is 32.0 Å². The number of rotatable bonds is 1. The predicted molar refractivity (Wildman–Crippen MR) is 84.2 cm³/mol. The number of aromatic nitrogens is 3. The van der Waals surface area contributed by atoms with Crippen LogP contribution >= 0.6 is 22.6 Å². The van der Waals surface area contributed by atoms with Gasteiger partial charge in [0.15, 0.2) is 5.82 Å². The summed E-state index contributed by atoms with van der Waals surface area (Å²) in [6.07, 6.45) is 1.71. The molecule has 2 aromatic rings. The molecule has 0 saturated heterocycles. The van der Waals surface area contributed by atoms with Crippen molar-refractivity contribution in [2.45, 2.75) is 33.1 Å². The third-order valence-corrected chi connectivity index (χ3v) is 3.81. The van der Waals surface area contributed by atoms with Crippen LogP contribution in [0.4, 0.5) is 0 Å². The number of hydrogen-bond donors (Lipinski definition) is 1. The van der Waals surface area contributed by atoms with Gasteiger partial charge in [-0.05, 0) is 41.1 Å². The Morgan fingerprint density at radius 1 is 1.32 bits per heavy atom. The zero-order valence-electron chi connectivity index (χ0n) is 11.4. The molecule has 5 heteroatoms. The van der Waals surface area contributed by atoms with Crippen LogP contribution in [0, 0.1) is 10.5 Å². The van der Waals surface area contributed by atoms with Crippen LogP contribution in [-0.2, 0) is 5.41 Å². The summed E-state index contributed by atoms with van der Waals surface area (Å²) in [7, 11) is 0. The van der Waals surface area contributed by atoms with E-state index in [0.717, 1.165) is 17.0 Å². The van der Waals surface area contributed by atoms with E-state index < -0.39 is 0 Å². The van der Waals surface area contributed by atoms with Gasteiger partial charge in [0.05, 0.1) is 5.69 Å². The Balaban J connectivity index is 2.71. The van der Waals surface area contributed by atoms with Crippen molar-refractivity contribution >= 4 is 22.6 Å². The predicted octanol–water partition coefficient (Wildman–Crippen LogP) is 3.04. The summed E-state index contributed by atoms with van der Waals surface area (Å²) in [6.45, 7) is 8.10. The van der Waals surface area contributed by atoms with E-state index in [9.17, 15) is 4.79 Å². The first-order chi connectivity index (χ1) is 8.80. The van der Waals surface area contributed by atoms with E-state index in [1.54, 1.807) is 6.20 Å². The monoisotopic (exact) mass is 369 g/mol. The van der Waals surface area contributed by atoms with Gasteiger partial charge in [0, 0.05) is 11.6 Å². The van der Waals surface area contributed by atoms with Crippen molar-refractivity contribution in [2.75, 3.05) is 0 Å². The molecule has 0 unspecified atom stereocenters. The second kappa shape index (κ2) is 5.03. The number of aromatic amines is 1. The van der Waals surface area contributed by atoms with Crippen LogP contribution in [0.25, 0.3) is 11.5 Å². The molecule has 0 fully saturated rings. The minimum absolute atomic E-state index is 0.111. The van der Waals surface area contributed by atoms with Gasteiger partial charge in [-0.15, -0.1) is 0 Å². The van der Waals surface area contributed by atoms with Crippen LogP contribution in [0.15, 0.2) is 23.1 Å². The van der Waals surface area contributed by atoms with E-state index in [1.165, 1.54) is 0 Å². The highest BCUT2D eigenvalue weighted by atomic mass is 127. The molecule has 0 aliphatic rings. The van der Waals surface area contributed by atoms with E-state index in [4.69, 9.17) is 0 Å². The van der Waals surface area contributed by atoms with Gasteiger partial charge in [-0.3, -0.25) is 9.78 Å². The first-order valence-electron chi connectivity index (χ1n) is 6.03. The van der Waals surface area contributed by atoms with Crippen molar-refractivity contribution in [3.8, 4) is 11.5 Å². The van der Waals surface area contributed by atoms with Gasteiger partial charge >= 0.3 is 0 Å². The summed E-state index contributed by atoms with van der Waals surface area (Å²) in [5.41, 5.74) is 2.23. The van der Waals surface area contributed by atoms with Crippen molar-refractivity contribution < 1.29 is 0 Å². The Labute approximate surface area is 125 Å². The third-order valence-electron chi connectivity index (χ3n) is 2.81. The van der Waals surface area contributed by atoms with Gasteiger partial charge in [-0.25, -0.2) is 4.98 Å². The standard InChI is InChI=1S/C14H16IN3O/c1-8-6-5-7-16-10(8)12-17-11(14(2,3)4)9(15)13(19)18-12/h5-7H,1-4H3,(H,17,18,19). The Morgan fingerprint density at radius 3 is 2.58 bits per heavy atom. The van der Waals surface area contributed by atoms with Crippen molar-refractivity contribution in [2.24, 2.45) is 0 Å². The Morgan fingerprint density at radius 2 is 2.00 bits per heavy atom. The molecule has 0 amide bonds. The zero-order valence-corrected chi connectivity index (χ0v) is 13.6. The molecule has 2 rings (SSSR count). The van der Waals surface area contributed by atoms with E-state index >= 15 is 0 Å². The van der Waals surface area contributed by atoms with Crippen molar-refractivity contribution in [1.82, 2.24) is 15.0 Å². The van der Waals surface area contributed by atoms with Crippen molar-refractivity contribution in [3.63, 3.8) is 0 Å². The molecule has 1 N–H and O–H groups in total. The van der Waals surface area contributed by atoms with Crippen LogP contribution in [0.3, 0.4) is 0 Å². The highest BCUT2D eigenvalue weighted by molar-refractivity contribution is 14.1. The van der Waals surface area contributed by atoms with Crippen LogP contribution < -0.4 is 5.56 Å². The lowest BCUT2D eigenvalue weighted by atomic mass is 9.92. The molecule has 0 aromatic carbocycles. The normalized spacial score (nSPS) is 11.6. The van der Waals surface area contributed by atoms with E-state index in [0.29, 0.717) is 9.39 Å². The number of halogens is 1. The number of nitrogens with one attached hydrogen (secondary N) is 1. The van der Waals surface area contributed by atoms with E-state index in [2.05, 4.69) is 15.0 Å². The van der Waals surface area contributed by atoms with Crippen LogP contribution in [0.2, 0.25) is 0 Å². The van der Waals surface area contributed by atoms with Gasteiger partial charge in [-0.2, -0.15) is 0 Å². The Bertz CT molecular complexity index is 671. The summed E-state index contributed by atoms with van der Waals surface area (Å²) in [5.74, 6) is 0.536. The fourth-order valence-corrected chi connectivity index (χ4v) is 2.87. The average Bonchev–Trinajstić information content (AvgIpc) is 2.31. The highest BCUT2D eigenvalue weighted by Gasteiger charge is 2.22. The van der Waals surface area contributed by atoms with Crippen molar-refractivity contribution in [3.05, 3.63) is 43.5 Å². The summed E-state index contributed by atoms with van der Waals surface area (Å²) in [5, 5.41) is 0. The van der Waals surface area contributed by atoms with Crippen molar-refractivity contribution in [1.29, 1.82) is 0 Å². The second-order valence-corrected chi connectivity index (χ2v) is 6.57. The summed E-state index contributed by atoms with van der Waals surface area (Å²) >= 11 is 2.05. The molecular formula is C14H16IN3O. The van der Waals surface area contributed by atoms with E-state index in [-0.39, 0.29) is 11.0 Å². The molecule has 0 atom stereocenters. The number of H-pyrrole nitrogens is 1. The molecule has 19 heavy (non-hydrogen) atoms. The molecule has 0 aliphatic heterocycles. The maximum Gasteiger partial charge on any atom is 0.264 e. The molecule has 0 saturated carbocycles. The first-order valence-corrected chi connectivity index (χ1v) is 7.11. The zero-order chi connectivity index (χ0) is 14.2. The topological polar surface area (TPSA) is 58.6 Å². The number of nitrogens with zero attached hydrogens (tertiary/aromatic N) is 2. The Kier molecular flexibility index (Phi) is 3.75. The number of pyridine rings is 1. The molecule has 2 heterocycles. The second-order valence-electron chi connectivity index (χ2n) is 5.50. The molecule has 2 aromatic heterocycles. The van der Waals surface area contributed by atoms with Gasteiger partial charge in [0.2, 0.25) is 0 Å². The average molecular weight is 369 g/mol. The summed E-state index contributed by atoms with van der Waals surface area (Å²) < 4.78 is 0.641. The Hall–Kier alpha value is -1.24. The molecule has 100 valence electrons. The largest absolute Gasteiger partial charge is 0.304 e. The fourth-order valence-electron chi connectivity index (χ4n) is 1.80. The maximum atomic E-state index is 12.1. The SMILES string of the molecule is Cc1cccnc1-c1nc(C(C)(C)C)c(I)c(=O)[nH]1. The number of aryl methyl sites for hydroxylation is 1. The molecule has 0 radical (unpaired) electrons. The minimum atomic E-state index is -0.178. The highest BCUT2D eigenvalue weighted by Crippen LogP contribution is 2.25.